The van der Waals surface area contributed by atoms with Crippen LogP contribution in [-0.2, 0) is 25.5 Å². The number of carbonyl (C=O) groups is 1. The Labute approximate surface area is 261 Å². The molecule has 0 saturated carbocycles. The molecule has 1 aliphatic rings. The fourth-order valence-corrected chi connectivity index (χ4v) is 6.71. The Hall–Kier alpha value is -3.48. The number of esters is 1. The predicted octanol–water partition coefficient (Wildman–Crippen LogP) is 9.58. The van der Waals surface area contributed by atoms with Crippen molar-refractivity contribution in [1.29, 1.82) is 0 Å². The minimum absolute atomic E-state index is 0.112. The van der Waals surface area contributed by atoms with Crippen LogP contribution in [-0.4, -0.2) is 34.1 Å². The Balaban J connectivity index is 1.52. The highest BCUT2D eigenvalue weighted by Crippen LogP contribution is 2.43. The molecule has 0 unspecified atom stereocenters. The van der Waals surface area contributed by atoms with Crippen LogP contribution >= 0.6 is 0 Å². The fraction of sp³-hybridized carbons (Fsp3) is 0.447. The topological polar surface area (TPSA) is 49.7 Å². The van der Waals surface area contributed by atoms with E-state index in [1.54, 1.807) is 0 Å². The number of ether oxygens (including phenoxy) is 3. The van der Waals surface area contributed by atoms with Crippen molar-refractivity contribution in [3.05, 3.63) is 83.8 Å². The van der Waals surface area contributed by atoms with Crippen LogP contribution in [0.1, 0.15) is 84.9 Å². The van der Waals surface area contributed by atoms with Gasteiger partial charge in [-0.3, -0.25) is 4.79 Å². The van der Waals surface area contributed by atoms with E-state index >= 15 is 0 Å². The van der Waals surface area contributed by atoms with Gasteiger partial charge in [0.1, 0.15) is 11.4 Å². The lowest BCUT2D eigenvalue weighted by Crippen LogP contribution is -2.46. The van der Waals surface area contributed by atoms with Gasteiger partial charge in [-0.1, -0.05) is 50.2 Å². The van der Waals surface area contributed by atoms with Crippen LogP contribution in [0.2, 0.25) is 0 Å². The summed E-state index contributed by atoms with van der Waals surface area (Å²) in [5.41, 5.74) is 6.30. The maximum atomic E-state index is 14.1. The second kappa shape index (κ2) is 12.5. The van der Waals surface area contributed by atoms with E-state index in [0.29, 0.717) is 13.0 Å². The molecule has 6 heteroatoms. The van der Waals surface area contributed by atoms with Gasteiger partial charge in [0.15, 0.2) is 5.79 Å². The Morgan fingerprint density at radius 1 is 0.977 bits per heavy atom. The molecule has 0 bridgehead atoms. The highest BCUT2D eigenvalue weighted by atomic mass is 19.1. The summed E-state index contributed by atoms with van der Waals surface area (Å²) in [6, 6.07) is 21.8. The summed E-state index contributed by atoms with van der Waals surface area (Å²) in [7, 11) is 0. The number of halogens is 1. The molecular formula is C38H46FNO4. The van der Waals surface area contributed by atoms with Crippen LogP contribution in [0.4, 0.5) is 4.39 Å². The Morgan fingerprint density at radius 2 is 1.61 bits per heavy atom. The number of carbonyl (C=O) groups excluding carboxylic acids is 1. The normalized spacial score (nSPS) is 18.6. The van der Waals surface area contributed by atoms with Gasteiger partial charge >= 0.3 is 5.97 Å². The number of rotatable bonds is 8. The van der Waals surface area contributed by atoms with Gasteiger partial charge in [0.25, 0.3) is 0 Å². The lowest BCUT2D eigenvalue weighted by Gasteiger charge is -2.41. The van der Waals surface area contributed by atoms with Crippen LogP contribution in [0.5, 0.6) is 0 Å². The number of benzene rings is 3. The van der Waals surface area contributed by atoms with E-state index < -0.39 is 11.4 Å². The third kappa shape index (κ3) is 7.24. The zero-order valence-corrected chi connectivity index (χ0v) is 27.4. The predicted molar refractivity (Wildman–Crippen MR) is 175 cm³/mol. The first kappa shape index (κ1) is 31.9. The maximum absolute atomic E-state index is 14.1. The first-order valence-corrected chi connectivity index (χ1v) is 15.8. The van der Waals surface area contributed by atoms with E-state index in [4.69, 9.17) is 14.2 Å². The van der Waals surface area contributed by atoms with Crippen LogP contribution in [0.25, 0.3) is 33.2 Å². The molecule has 3 aromatic carbocycles. The molecule has 2 atom stereocenters. The average Bonchev–Trinajstić information content (AvgIpc) is 3.22. The molecule has 0 radical (unpaired) electrons. The molecule has 0 N–H and O–H groups in total. The second-order valence-corrected chi connectivity index (χ2v) is 13.8. The van der Waals surface area contributed by atoms with Gasteiger partial charge in [-0.2, -0.15) is 0 Å². The average molecular weight is 600 g/mol. The van der Waals surface area contributed by atoms with E-state index in [-0.39, 0.29) is 36.3 Å². The van der Waals surface area contributed by atoms with Gasteiger partial charge in [0.2, 0.25) is 0 Å². The quantitative estimate of drug-likeness (QED) is 0.189. The molecule has 5 nitrogen and oxygen atoms in total. The molecule has 1 aromatic heterocycles. The van der Waals surface area contributed by atoms with Crippen molar-refractivity contribution in [3.63, 3.8) is 0 Å². The summed E-state index contributed by atoms with van der Waals surface area (Å²) >= 11 is 0. The van der Waals surface area contributed by atoms with Crippen molar-refractivity contribution in [1.82, 2.24) is 4.57 Å². The number of hydrogen-bond acceptors (Lipinski definition) is 4. The minimum atomic E-state index is -0.820. The molecular weight excluding hydrogens is 553 g/mol. The zero-order valence-electron chi connectivity index (χ0n) is 27.4. The summed E-state index contributed by atoms with van der Waals surface area (Å²) in [4.78, 5) is 12.7. The van der Waals surface area contributed by atoms with Gasteiger partial charge in [-0.15, -0.1) is 0 Å². The first-order valence-electron chi connectivity index (χ1n) is 15.8. The van der Waals surface area contributed by atoms with Crippen molar-refractivity contribution in [2.45, 2.75) is 111 Å². The van der Waals surface area contributed by atoms with Gasteiger partial charge in [-0.25, -0.2) is 4.39 Å². The zero-order chi connectivity index (χ0) is 31.8. The molecule has 1 saturated heterocycles. The highest BCUT2D eigenvalue weighted by Gasteiger charge is 2.37. The number of hydrogen-bond donors (Lipinski definition) is 0. The Morgan fingerprint density at radius 3 is 2.27 bits per heavy atom. The Kier molecular flexibility index (Phi) is 9.06. The number of nitrogens with zero attached hydrogens (tertiary/aromatic N) is 1. The van der Waals surface area contributed by atoms with Crippen molar-refractivity contribution in [3.8, 4) is 22.4 Å². The largest absolute Gasteiger partial charge is 0.460 e. The molecule has 0 spiro atoms. The van der Waals surface area contributed by atoms with Gasteiger partial charge in [-0.05, 0) is 112 Å². The molecule has 0 aliphatic carbocycles. The van der Waals surface area contributed by atoms with Crippen molar-refractivity contribution in [2.24, 2.45) is 0 Å². The fourth-order valence-electron chi connectivity index (χ4n) is 6.71. The highest BCUT2D eigenvalue weighted by molar-refractivity contribution is 5.92. The lowest BCUT2D eigenvalue weighted by atomic mass is 9.94. The van der Waals surface area contributed by atoms with Gasteiger partial charge in [0, 0.05) is 24.2 Å². The van der Waals surface area contributed by atoms with E-state index in [0.717, 1.165) is 23.2 Å². The Bertz CT molecular complexity index is 1630. The molecule has 0 amide bonds. The van der Waals surface area contributed by atoms with Gasteiger partial charge < -0.3 is 18.8 Å². The summed E-state index contributed by atoms with van der Waals surface area (Å²) in [6.07, 6.45) is 1.12. The molecule has 5 rings (SSSR count). The first-order chi connectivity index (χ1) is 20.7. The van der Waals surface area contributed by atoms with E-state index in [9.17, 15) is 9.18 Å². The summed E-state index contributed by atoms with van der Waals surface area (Å²) in [5.74, 6) is -1.08. The minimum Gasteiger partial charge on any atom is -0.460 e. The third-order valence-corrected chi connectivity index (χ3v) is 8.18. The van der Waals surface area contributed by atoms with Crippen molar-refractivity contribution >= 4 is 16.7 Å². The number of fused-ring (bicyclic) bond motifs is 1. The number of aromatic nitrogens is 1. The molecule has 234 valence electrons. The van der Waals surface area contributed by atoms with E-state index in [1.807, 2.05) is 46.8 Å². The van der Waals surface area contributed by atoms with Crippen LogP contribution < -0.4 is 0 Å². The molecule has 2 heterocycles. The summed E-state index contributed by atoms with van der Waals surface area (Å²) in [5, 5.41) is 2.38. The van der Waals surface area contributed by atoms with Crippen LogP contribution in [0, 0.1) is 12.7 Å². The third-order valence-electron chi connectivity index (χ3n) is 8.18. The molecule has 4 aromatic rings. The molecule has 44 heavy (non-hydrogen) atoms. The smallest absolute Gasteiger partial charge is 0.308 e. The van der Waals surface area contributed by atoms with Crippen LogP contribution in [0.15, 0.2) is 66.7 Å². The SMILES string of the molecule is Cc1c(-c2ccc3ccccc3c2)c(-c2ccc(F)cc2)n(CC[C@@H]2C[C@H](CC(=O)OC(C)(C)C)OC(C)(C)O2)c1C(C)C. The molecule has 1 fully saturated rings. The van der Waals surface area contributed by atoms with Crippen molar-refractivity contribution in [2.75, 3.05) is 0 Å². The lowest BCUT2D eigenvalue weighted by molar-refractivity contribution is -0.301. The van der Waals surface area contributed by atoms with E-state index in [2.05, 4.69) is 67.8 Å². The maximum Gasteiger partial charge on any atom is 0.308 e. The van der Waals surface area contributed by atoms with E-state index in [1.165, 1.54) is 39.7 Å². The summed E-state index contributed by atoms with van der Waals surface area (Å²) < 4.78 is 34.7. The summed E-state index contributed by atoms with van der Waals surface area (Å²) in [6.45, 7) is 16.8. The van der Waals surface area contributed by atoms with Crippen LogP contribution in [0.3, 0.4) is 0 Å². The molecule has 1 aliphatic heterocycles. The van der Waals surface area contributed by atoms with Crippen molar-refractivity contribution < 1.29 is 23.4 Å². The monoisotopic (exact) mass is 599 g/mol. The van der Waals surface area contributed by atoms with Gasteiger partial charge in [0.05, 0.1) is 24.3 Å². The second-order valence-electron chi connectivity index (χ2n) is 13.8. The standard InChI is InChI=1S/C38H46FNO4/c1-24(2)35-25(3)34(29-14-13-26-11-9-10-12-28(26)21-29)36(27-15-17-30(39)18-16-27)40(35)20-19-31-22-32(43-38(7,8)42-31)23-33(41)44-37(4,5)6/h9-18,21,24,31-32H,19-20,22-23H2,1-8H3/t31-,32-/m1/s1.